The molecule has 6 nitrogen and oxygen atoms in total. The normalized spacial score (nSPS) is 24.7. The molecule has 2 N–H and O–H groups in total. The van der Waals surface area contributed by atoms with Crippen molar-refractivity contribution in [2.24, 2.45) is 0 Å². The average molecular weight is 522 g/mol. The van der Waals surface area contributed by atoms with Crippen LogP contribution in [0.15, 0.2) is 47.7 Å². The molecule has 12 heteroatoms. The Morgan fingerprint density at radius 3 is 2.33 bits per heavy atom. The first-order valence-corrected chi connectivity index (χ1v) is 11.4. The lowest BCUT2D eigenvalue weighted by Crippen LogP contribution is -2.66. The maximum absolute atomic E-state index is 13.7. The van der Waals surface area contributed by atoms with Crippen molar-refractivity contribution in [1.82, 2.24) is 9.80 Å². The first kappa shape index (κ1) is 27.9. The van der Waals surface area contributed by atoms with Gasteiger partial charge in [-0.05, 0) is 37.1 Å². The number of benzene rings is 1. The molecule has 2 heterocycles. The van der Waals surface area contributed by atoms with Crippen molar-refractivity contribution in [3.05, 3.63) is 53.3 Å². The van der Waals surface area contributed by atoms with E-state index >= 15 is 0 Å². The monoisotopic (exact) mass is 522 g/mol. The molecule has 0 amide bonds. The smallest absolute Gasteiger partial charge is 0.416 e. The van der Waals surface area contributed by atoms with Gasteiger partial charge in [-0.2, -0.15) is 26.3 Å². The molecule has 0 spiro atoms. The molecule has 200 valence electrons. The first-order chi connectivity index (χ1) is 16.7. The number of nitrogens with zero attached hydrogens (tertiary/aromatic N) is 2. The molecular formula is C24H28F6N2O4. The minimum atomic E-state index is -4.73. The molecule has 2 aliphatic heterocycles. The summed E-state index contributed by atoms with van der Waals surface area (Å²) >= 11 is 0. The van der Waals surface area contributed by atoms with Gasteiger partial charge in [-0.1, -0.05) is 19.4 Å². The van der Waals surface area contributed by atoms with Crippen molar-refractivity contribution >= 4 is 5.97 Å². The molecule has 36 heavy (non-hydrogen) atoms. The largest absolute Gasteiger partial charge is 0.478 e. The highest BCUT2D eigenvalue weighted by atomic mass is 19.4. The number of likely N-dealkylation sites (N-methyl/N-ethyl adjacent to an activating group) is 1. The van der Waals surface area contributed by atoms with Crippen LogP contribution in [0.1, 0.15) is 38.2 Å². The molecule has 0 bridgehead atoms. The summed E-state index contributed by atoms with van der Waals surface area (Å²) in [6.45, 7) is 1.83. The predicted molar refractivity (Wildman–Crippen MR) is 118 cm³/mol. The minimum absolute atomic E-state index is 0.0143. The van der Waals surface area contributed by atoms with Crippen molar-refractivity contribution in [3.8, 4) is 5.75 Å². The lowest BCUT2D eigenvalue weighted by molar-refractivity contribution is -0.176. The summed E-state index contributed by atoms with van der Waals surface area (Å²) in [6, 6.07) is 2.48. The van der Waals surface area contributed by atoms with E-state index in [1.807, 2.05) is 0 Å². The average Bonchev–Trinajstić information content (AvgIpc) is 2.78. The molecule has 0 radical (unpaired) electrons. The highest BCUT2D eigenvalue weighted by molar-refractivity contribution is 5.79. The number of alkyl halides is 6. The number of aliphatic hydroxyl groups excluding tert-OH is 1. The minimum Gasteiger partial charge on any atom is -0.478 e. The number of halogens is 6. The second kappa shape index (κ2) is 10.3. The van der Waals surface area contributed by atoms with Crippen LogP contribution in [-0.4, -0.2) is 70.2 Å². The van der Waals surface area contributed by atoms with Crippen LogP contribution in [0.3, 0.4) is 0 Å². The first-order valence-electron chi connectivity index (χ1n) is 11.4. The molecular weight excluding hydrogens is 494 g/mol. The SMILES string of the molecule is CCC[C@H]1N(C(O)C2=CN(C)CC=C2C(F)(F)F)CCC[C@@]1(Oc1ccc(C(F)(F)F)cc1)C(=O)O. The van der Waals surface area contributed by atoms with Crippen molar-refractivity contribution < 1.29 is 46.1 Å². The van der Waals surface area contributed by atoms with Gasteiger partial charge in [0.1, 0.15) is 12.0 Å². The molecule has 2 aliphatic rings. The summed E-state index contributed by atoms with van der Waals surface area (Å²) < 4.78 is 85.8. The number of ether oxygens (including phenoxy) is 1. The fourth-order valence-corrected chi connectivity index (χ4v) is 4.79. The number of hydrogen-bond donors (Lipinski definition) is 2. The Balaban J connectivity index is 2.00. The molecule has 1 aromatic carbocycles. The van der Waals surface area contributed by atoms with Crippen LogP contribution in [0.4, 0.5) is 26.3 Å². The number of carboxylic acids is 1. The fraction of sp³-hybridized carbons (Fsp3) is 0.542. The Labute approximate surface area is 204 Å². The van der Waals surface area contributed by atoms with E-state index in [1.54, 1.807) is 14.0 Å². The van der Waals surface area contributed by atoms with Crippen LogP contribution in [0, 0.1) is 0 Å². The van der Waals surface area contributed by atoms with Crippen molar-refractivity contribution in [2.75, 3.05) is 20.1 Å². The Hall–Kier alpha value is -2.73. The van der Waals surface area contributed by atoms with Crippen molar-refractivity contribution in [2.45, 2.75) is 62.8 Å². The van der Waals surface area contributed by atoms with Crippen LogP contribution in [0.2, 0.25) is 0 Å². The Kier molecular flexibility index (Phi) is 7.99. The highest BCUT2D eigenvalue weighted by Gasteiger charge is 2.55. The molecule has 1 fully saturated rings. The number of rotatable bonds is 7. The van der Waals surface area contributed by atoms with E-state index in [2.05, 4.69) is 0 Å². The zero-order valence-electron chi connectivity index (χ0n) is 19.7. The Morgan fingerprint density at radius 2 is 1.81 bits per heavy atom. The second-order valence-corrected chi connectivity index (χ2v) is 8.98. The Morgan fingerprint density at radius 1 is 1.17 bits per heavy atom. The third kappa shape index (κ3) is 5.64. The van der Waals surface area contributed by atoms with Gasteiger partial charge < -0.3 is 19.8 Å². The van der Waals surface area contributed by atoms with Gasteiger partial charge in [0.25, 0.3) is 0 Å². The maximum atomic E-state index is 13.7. The molecule has 1 unspecified atom stereocenters. The predicted octanol–water partition coefficient (Wildman–Crippen LogP) is 4.81. The number of likely N-dealkylation sites (tertiary alicyclic amines) is 1. The van der Waals surface area contributed by atoms with Crippen molar-refractivity contribution in [1.29, 1.82) is 0 Å². The lowest BCUT2D eigenvalue weighted by Gasteiger charge is -2.49. The number of aliphatic carboxylic acids is 1. The summed E-state index contributed by atoms with van der Waals surface area (Å²) in [5.74, 6) is -1.55. The van der Waals surface area contributed by atoms with Crippen molar-refractivity contribution in [3.63, 3.8) is 0 Å². The summed E-state index contributed by atoms with van der Waals surface area (Å²) in [5.41, 5.74) is -4.35. The quantitative estimate of drug-likeness (QED) is 0.501. The number of carbonyl (C=O) groups is 1. The van der Waals surface area contributed by atoms with E-state index in [0.29, 0.717) is 6.42 Å². The lowest BCUT2D eigenvalue weighted by atomic mass is 9.80. The zero-order valence-corrected chi connectivity index (χ0v) is 19.7. The fourth-order valence-electron chi connectivity index (χ4n) is 4.79. The van der Waals surface area contributed by atoms with Gasteiger partial charge in [0.2, 0.25) is 5.60 Å². The van der Waals surface area contributed by atoms with E-state index in [4.69, 9.17) is 4.74 Å². The van der Waals surface area contributed by atoms with E-state index in [9.17, 15) is 41.4 Å². The number of hydrogen-bond acceptors (Lipinski definition) is 5. The summed E-state index contributed by atoms with van der Waals surface area (Å²) in [5, 5.41) is 21.4. The zero-order chi connectivity index (χ0) is 26.9. The molecule has 1 saturated heterocycles. The van der Waals surface area contributed by atoms with Crippen LogP contribution in [0.25, 0.3) is 0 Å². The van der Waals surface area contributed by atoms with E-state index in [1.165, 1.54) is 16.0 Å². The van der Waals surface area contributed by atoms with Gasteiger partial charge in [-0.15, -0.1) is 0 Å². The molecule has 0 aromatic heterocycles. The third-order valence-corrected chi connectivity index (χ3v) is 6.46. The van der Waals surface area contributed by atoms with E-state index in [-0.39, 0.29) is 38.1 Å². The van der Waals surface area contributed by atoms with Gasteiger partial charge in [-0.25, -0.2) is 4.79 Å². The molecule has 3 rings (SSSR count). The standard InChI is InChI=1S/C24H28F6N2O4/c1-3-5-19-22(21(34)35,36-16-8-6-15(7-9-16)23(25,26)27)11-4-12-32(19)20(33)17-14-31(2)13-10-18(17)24(28,29)30/h6-10,14,19-20,33H,3-5,11-13H2,1-2H3,(H,34,35)/t19-,20?,22+/m1/s1. The Bertz CT molecular complexity index is 1010. The second-order valence-electron chi connectivity index (χ2n) is 8.98. The topological polar surface area (TPSA) is 73.2 Å². The summed E-state index contributed by atoms with van der Waals surface area (Å²) in [6.07, 6.45) is -8.28. The van der Waals surface area contributed by atoms with Crippen LogP contribution in [0.5, 0.6) is 5.75 Å². The van der Waals surface area contributed by atoms with Gasteiger partial charge in [0.05, 0.1) is 17.2 Å². The molecule has 0 aliphatic carbocycles. The highest BCUT2D eigenvalue weighted by Crippen LogP contribution is 2.41. The van der Waals surface area contributed by atoms with Gasteiger partial charge >= 0.3 is 18.3 Å². The van der Waals surface area contributed by atoms with E-state index < -0.39 is 52.9 Å². The van der Waals surface area contributed by atoms with Gasteiger partial charge in [-0.3, -0.25) is 4.90 Å². The number of carboxylic acid groups (broad SMARTS) is 1. The molecule has 3 atom stereocenters. The van der Waals surface area contributed by atoms with Gasteiger partial charge in [0, 0.05) is 38.3 Å². The summed E-state index contributed by atoms with van der Waals surface area (Å²) in [7, 11) is 1.55. The van der Waals surface area contributed by atoms with Crippen LogP contribution in [-0.2, 0) is 11.0 Å². The number of piperidine rings is 1. The van der Waals surface area contributed by atoms with Crippen LogP contribution < -0.4 is 4.74 Å². The molecule has 0 saturated carbocycles. The van der Waals surface area contributed by atoms with Crippen LogP contribution >= 0.6 is 0 Å². The van der Waals surface area contributed by atoms with Gasteiger partial charge in [0.15, 0.2) is 0 Å². The molecule has 1 aromatic rings. The summed E-state index contributed by atoms with van der Waals surface area (Å²) in [4.78, 5) is 15.3. The van der Waals surface area contributed by atoms with E-state index in [0.717, 1.165) is 30.3 Å². The number of aliphatic hydroxyl groups is 1. The third-order valence-electron chi connectivity index (χ3n) is 6.46. The maximum Gasteiger partial charge on any atom is 0.416 e.